The molecule has 0 radical (unpaired) electrons. The molecule has 2 heterocycles. The number of piperidine rings is 1. The number of rotatable bonds is 6. The molecule has 3 aromatic carbocycles. The van der Waals surface area contributed by atoms with E-state index >= 15 is 0 Å². The molecule has 2 aliphatic heterocycles. The average Bonchev–Trinajstić information content (AvgIpc) is 3.38. The van der Waals surface area contributed by atoms with Crippen LogP contribution in [-0.2, 0) is 16.0 Å². The third-order valence-corrected chi connectivity index (χ3v) is 8.27. The molecule has 2 saturated heterocycles. The molecule has 1 aliphatic carbocycles. The number of halogens is 3. The quantitative estimate of drug-likeness (QED) is 0.345. The lowest BCUT2D eigenvalue weighted by Gasteiger charge is -2.37. The zero-order valence-corrected chi connectivity index (χ0v) is 21.2. The van der Waals surface area contributed by atoms with Crippen molar-refractivity contribution < 1.29 is 32.2 Å². The number of fused-ring (bicyclic) bond motifs is 5. The van der Waals surface area contributed by atoms with Gasteiger partial charge in [-0.3, -0.25) is 4.79 Å². The summed E-state index contributed by atoms with van der Waals surface area (Å²) in [6.45, 7) is 0.263. The summed E-state index contributed by atoms with van der Waals surface area (Å²) in [6, 6.07) is 21.8. The molecule has 8 heteroatoms. The van der Waals surface area contributed by atoms with Crippen LogP contribution < -0.4 is 4.74 Å². The van der Waals surface area contributed by atoms with Gasteiger partial charge < -0.3 is 14.4 Å². The molecule has 5 nitrogen and oxygen atoms in total. The summed E-state index contributed by atoms with van der Waals surface area (Å²) in [5.41, 5.74) is 5.32. The largest absolute Gasteiger partial charge is 0.573 e. The van der Waals surface area contributed by atoms with Crippen LogP contribution in [0, 0.1) is 5.92 Å². The molecule has 202 valence electrons. The van der Waals surface area contributed by atoms with E-state index in [1.165, 1.54) is 35.4 Å². The van der Waals surface area contributed by atoms with E-state index < -0.39 is 6.36 Å². The number of ketones is 1. The number of nitrogens with zero attached hydrogens (tertiary/aromatic N) is 1. The van der Waals surface area contributed by atoms with E-state index in [0.717, 1.165) is 24.0 Å². The molecular weight excluding hydrogens is 507 g/mol. The summed E-state index contributed by atoms with van der Waals surface area (Å²) in [6.07, 6.45) is -2.11. The Morgan fingerprint density at radius 1 is 0.821 bits per heavy atom. The van der Waals surface area contributed by atoms with Gasteiger partial charge in [0, 0.05) is 30.3 Å². The van der Waals surface area contributed by atoms with Crippen LogP contribution in [0.2, 0.25) is 0 Å². The van der Waals surface area contributed by atoms with Gasteiger partial charge in [0.1, 0.15) is 18.1 Å². The monoisotopic (exact) mass is 535 g/mol. The summed E-state index contributed by atoms with van der Waals surface area (Å²) in [5, 5.41) is 0. The van der Waals surface area contributed by atoms with Crippen molar-refractivity contribution in [3.05, 3.63) is 89.5 Å². The van der Waals surface area contributed by atoms with Crippen molar-refractivity contribution in [3.63, 3.8) is 0 Å². The van der Waals surface area contributed by atoms with E-state index in [4.69, 9.17) is 4.74 Å². The number of Topliss-reactive ketones (excluding diaryl/α,β-unsaturated/α-hetero) is 1. The highest BCUT2D eigenvalue weighted by atomic mass is 19.4. The van der Waals surface area contributed by atoms with Crippen molar-refractivity contribution >= 4 is 11.9 Å². The highest BCUT2D eigenvalue weighted by Crippen LogP contribution is 2.45. The molecule has 2 bridgehead atoms. The molecule has 0 spiro atoms. The van der Waals surface area contributed by atoms with Gasteiger partial charge in [-0.15, -0.1) is 13.2 Å². The Kier molecular flexibility index (Phi) is 6.57. The Morgan fingerprint density at radius 2 is 1.38 bits per heavy atom. The first-order valence-corrected chi connectivity index (χ1v) is 13.3. The molecule has 6 rings (SSSR count). The third-order valence-electron chi connectivity index (χ3n) is 8.27. The summed E-state index contributed by atoms with van der Waals surface area (Å²) >= 11 is 0. The van der Waals surface area contributed by atoms with E-state index in [9.17, 15) is 22.8 Å². The maximum absolute atomic E-state index is 13.3. The van der Waals surface area contributed by atoms with Gasteiger partial charge >= 0.3 is 12.5 Å². The first-order valence-electron chi connectivity index (χ1n) is 13.3. The van der Waals surface area contributed by atoms with Gasteiger partial charge in [-0.1, -0.05) is 60.7 Å². The second-order valence-electron chi connectivity index (χ2n) is 10.6. The third kappa shape index (κ3) is 5.12. The lowest BCUT2D eigenvalue weighted by molar-refractivity contribution is -0.274. The van der Waals surface area contributed by atoms with Gasteiger partial charge in [-0.2, -0.15) is 0 Å². The molecule has 0 N–H and O–H groups in total. The summed E-state index contributed by atoms with van der Waals surface area (Å²) < 4.78 is 47.0. The van der Waals surface area contributed by atoms with Crippen molar-refractivity contribution in [2.75, 3.05) is 6.61 Å². The zero-order valence-electron chi connectivity index (χ0n) is 21.2. The molecule has 2 fully saturated rings. The van der Waals surface area contributed by atoms with Crippen molar-refractivity contribution in [1.82, 2.24) is 4.90 Å². The lowest BCUT2D eigenvalue weighted by atomic mass is 9.85. The van der Waals surface area contributed by atoms with Gasteiger partial charge in [-0.25, -0.2) is 4.79 Å². The van der Waals surface area contributed by atoms with Crippen molar-refractivity contribution in [3.8, 4) is 16.9 Å². The topological polar surface area (TPSA) is 55.8 Å². The Morgan fingerprint density at radius 3 is 1.95 bits per heavy atom. The van der Waals surface area contributed by atoms with Gasteiger partial charge in [0.05, 0.1) is 0 Å². The molecule has 2 atom stereocenters. The van der Waals surface area contributed by atoms with Crippen LogP contribution in [0.3, 0.4) is 0 Å². The van der Waals surface area contributed by atoms with E-state index in [1.807, 2.05) is 29.2 Å². The first-order chi connectivity index (χ1) is 18.8. The van der Waals surface area contributed by atoms with Crippen LogP contribution in [0.4, 0.5) is 18.0 Å². The molecule has 0 aromatic heterocycles. The first kappa shape index (κ1) is 25.5. The van der Waals surface area contributed by atoms with Crippen LogP contribution in [0.1, 0.15) is 48.3 Å². The highest BCUT2D eigenvalue weighted by Gasteiger charge is 2.46. The fourth-order valence-corrected chi connectivity index (χ4v) is 6.56. The van der Waals surface area contributed by atoms with E-state index in [-0.39, 0.29) is 54.6 Å². The lowest BCUT2D eigenvalue weighted by Crippen LogP contribution is -2.48. The number of carbonyl (C=O) groups excluding carboxylic acids is 2. The molecule has 3 aromatic rings. The summed E-state index contributed by atoms with van der Waals surface area (Å²) in [5.74, 6) is -0.464. The smallest absolute Gasteiger partial charge is 0.448 e. The van der Waals surface area contributed by atoms with Crippen LogP contribution >= 0.6 is 0 Å². The number of ether oxygens (including phenoxy) is 2. The minimum absolute atomic E-state index is 0.00830. The number of hydrogen-bond donors (Lipinski definition) is 0. The Balaban J connectivity index is 1.06. The van der Waals surface area contributed by atoms with Gasteiger partial charge in [0.25, 0.3) is 0 Å². The molecule has 1 amide bonds. The summed E-state index contributed by atoms with van der Waals surface area (Å²) in [7, 11) is 0. The predicted molar refractivity (Wildman–Crippen MR) is 138 cm³/mol. The highest BCUT2D eigenvalue weighted by molar-refractivity contribution is 5.84. The normalized spacial score (nSPS) is 21.8. The second kappa shape index (κ2) is 10.1. The maximum atomic E-state index is 13.3. The SMILES string of the molecule is O=C(Cc1ccc(OC(F)(F)F)cc1)C1CC2CCC(C1)N2C(=O)OCC1c2ccccc2-c2ccccc21. The number of benzene rings is 3. The van der Waals surface area contributed by atoms with E-state index in [1.54, 1.807) is 0 Å². The second-order valence-corrected chi connectivity index (χ2v) is 10.6. The van der Waals surface area contributed by atoms with Crippen molar-refractivity contribution in [2.24, 2.45) is 5.92 Å². The Bertz CT molecular complexity index is 1330. The van der Waals surface area contributed by atoms with Crippen molar-refractivity contribution in [2.45, 2.75) is 56.5 Å². The standard InChI is InChI=1S/C31H28F3NO4/c32-31(33,34)39-23-13-9-19(10-14-23)15-29(36)20-16-21-11-12-22(17-20)35(21)30(37)38-18-28-26-7-3-1-5-24(26)25-6-2-4-8-27(25)28/h1-10,13-14,20-22,28H,11-12,15-18H2. The van der Waals surface area contributed by atoms with Crippen LogP contribution in [0.5, 0.6) is 5.75 Å². The molecule has 3 aliphatic rings. The fraction of sp³-hybridized carbons (Fsp3) is 0.355. The number of alkyl halides is 3. The van der Waals surface area contributed by atoms with Gasteiger partial charge in [0.2, 0.25) is 0 Å². The minimum Gasteiger partial charge on any atom is -0.448 e. The fourth-order valence-electron chi connectivity index (χ4n) is 6.56. The molecular formula is C31H28F3NO4. The molecule has 2 unspecified atom stereocenters. The van der Waals surface area contributed by atoms with E-state index in [0.29, 0.717) is 18.4 Å². The molecule has 0 saturated carbocycles. The zero-order chi connectivity index (χ0) is 27.1. The number of hydrogen-bond acceptors (Lipinski definition) is 4. The maximum Gasteiger partial charge on any atom is 0.573 e. The van der Waals surface area contributed by atoms with Crippen LogP contribution in [0.15, 0.2) is 72.8 Å². The Labute approximate surface area is 224 Å². The predicted octanol–water partition coefficient (Wildman–Crippen LogP) is 6.89. The van der Waals surface area contributed by atoms with Crippen LogP contribution in [0.25, 0.3) is 11.1 Å². The van der Waals surface area contributed by atoms with Gasteiger partial charge in [0.15, 0.2) is 0 Å². The summed E-state index contributed by atoms with van der Waals surface area (Å²) in [4.78, 5) is 28.2. The Hall–Kier alpha value is -3.81. The van der Waals surface area contributed by atoms with Gasteiger partial charge in [-0.05, 0) is 65.6 Å². The number of amides is 1. The molecule has 39 heavy (non-hydrogen) atoms. The van der Waals surface area contributed by atoms with Crippen molar-refractivity contribution in [1.29, 1.82) is 0 Å². The average molecular weight is 536 g/mol. The van der Waals surface area contributed by atoms with E-state index in [2.05, 4.69) is 29.0 Å². The van der Waals surface area contributed by atoms with Crippen LogP contribution in [-0.4, -0.2) is 41.8 Å². The number of carbonyl (C=O) groups is 2. The minimum atomic E-state index is -4.75.